The zero-order chi connectivity index (χ0) is 13.7. The maximum absolute atomic E-state index is 9.73. The number of hydrogen-bond donors (Lipinski definition) is 2. The molecule has 1 atom stereocenters. The number of aliphatic hydroxyl groups is 1. The molecular formula is C14H22N2O3. The maximum atomic E-state index is 9.73. The van der Waals surface area contributed by atoms with Crippen LogP contribution in [0.5, 0.6) is 11.5 Å². The van der Waals surface area contributed by atoms with Crippen molar-refractivity contribution in [2.24, 2.45) is 0 Å². The molecule has 1 heterocycles. The van der Waals surface area contributed by atoms with Gasteiger partial charge in [-0.05, 0) is 12.1 Å². The summed E-state index contributed by atoms with van der Waals surface area (Å²) in [4.78, 5) is 2.28. The number of hydrogen-bond acceptors (Lipinski definition) is 5. The first-order valence-corrected chi connectivity index (χ1v) is 6.57. The lowest BCUT2D eigenvalue weighted by Gasteiger charge is -2.34. The lowest BCUT2D eigenvalue weighted by molar-refractivity contribution is 0.109. The van der Waals surface area contributed by atoms with Gasteiger partial charge in [0.1, 0.15) is 11.5 Å². The molecule has 0 amide bonds. The number of benzene rings is 1. The highest BCUT2D eigenvalue weighted by Crippen LogP contribution is 2.32. The van der Waals surface area contributed by atoms with Crippen molar-refractivity contribution in [2.45, 2.75) is 6.04 Å². The van der Waals surface area contributed by atoms with E-state index in [-0.39, 0.29) is 12.6 Å². The quantitative estimate of drug-likeness (QED) is 0.819. The van der Waals surface area contributed by atoms with Crippen LogP contribution in [0.4, 0.5) is 0 Å². The van der Waals surface area contributed by atoms with Crippen LogP contribution in [0.2, 0.25) is 0 Å². The van der Waals surface area contributed by atoms with E-state index in [1.165, 1.54) is 0 Å². The predicted molar refractivity (Wildman–Crippen MR) is 73.8 cm³/mol. The van der Waals surface area contributed by atoms with Crippen molar-refractivity contribution in [1.82, 2.24) is 10.2 Å². The predicted octanol–water partition coefficient (Wildman–Crippen LogP) is 0.642. The molecule has 1 aromatic rings. The van der Waals surface area contributed by atoms with Crippen molar-refractivity contribution in [1.29, 1.82) is 0 Å². The third kappa shape index (κ3) is 3.18. The van der Waals surface area contributed by atoms with E-state index < -0.39 is 0 Å². The average Bonchev–Trinajstić information content (AvgIpc) is 2.49. The van der Waals surface area contributed by atoms with E-state index in [1.807, 2.05) is 18.2 Å². The van der Waals surface area contributed by atoms with Gasteiger partial charge in [-0.25, -0.2) is 0 Å². The van der Waals surface area contributed by atoms with Crippen LogP contribution in [0.25, 0.3) is 0 Å². The fourth-order valence-corrected chi connectivity index (χ4v) is 2.50. The van der Waals surface area contributed by atoms with Crippen molar-refractivity contribution in [2.75, 3.05) is 47.0 Å². The van der Waals surface area contributed by atoms with Gasteiger partial charge in [-0.1, -0.05) is 0 Å². The molecule has 5 nitrogen and oxygen atoms in total. The van der Waals surface area contributed by atoms with Crippen molar-refractivity contribution in [3.63, 3.8) is 0 Å². The summed E-state index contributed by atoms with van der Waals surface area (Å²) in [5.41, 5.74) is 1.01. The molecule has 1 aromatic carbocycles. The molecular weight excluding hydrogens is 244 g/mol. The van der Waals surface area contributed by atoms with E-state index in [9.17, 15) is 5.11 Å². The topological polar surface area (TPSA) is 54.0 Å². The second-order valence-corrected chi connectivity index (χ2v) is 4.59. The van der Waals surface area contributed by atoms with Crippen LogP contribution in [-0.2, 0) is 0 Å². The highest BCUT2D eigenvalue weighted by atomic mass is 16.5. The summed E-state index contributed by atoms with van der Waals surface area (Å²) in [7, 11) is 3.28. The number of rotatable bonds is 5. The van der Waals surface area contributed by atoms with Crippen molar-refractivity contribution in [3.05, 3.63) is 23.8 Å². The van der Waals surface area contributed by atoms with Gasteiger partial charge in [0, 0.05) is 37.8 Å². The summed E-state index contributed by atoms with van der Waals surface area (Å²) in [5.74, 6) is 1.52. The van der Waals surface area contributed by atoms with E-state index >= 15 is 0 Å². The van der Waals surface area contributed by atoms with E-state index in [1.54, 1.807) is 14.2 Å². The highest BCUT2D eigenvalue weighted by molar-refractivity contribution is 5.42. The first-order chi connectivity index (χ1) is 9.30. The Labute approximate surface area is 114 Å². The van der Waals surface area contributed by atoms with E-state index in [4.69, 9.17) is 9.47 Å². The third-order valence-corrected chi connectivity index (χ3v) is 3.56. The first kappa shape index (κ1) is 14.1. The first-order valence-electron chi connectivity index (χ1n) is 6.57. The number of nitrogens with one attached hydrogen (secondary N) is 1. The Morgan fingerprint density at radius 3 is 2.58 bits per heavy atom. The Hall–Kier alpha value is -1.30. The van der Waals surface area contributed by atoms with Crippen LogP contribution >= 0.6 is 0 Å². The number of nitrogens with zero attached hydrogens (tertiary/aromatic N) is 1. The second-order valence-electron chi connectivity index (χ2n) is 4.59. The Kier molecular flexibility index (Phi) is 5.01. The van der Waals surface area contributed by atoms with Crippen LogP contribution in [0.1, 0.15) is 11.6 Å². The fraction of sp³-hybridized carbons (Fsp3) is 0.571. The third-order valence-electron chi connectivity index (χ3n) is 3.56. The van der Waals surface area contributed by atoms with Crippen LogP contribution in [0.3, 0.4) is 0 Å². The molecule has 1 aliphatic rings. The summed E-state index contributed by atoms with van der Waals surface area (Å²) >= 11 is 0. The summed E-state index contributed by atoms with van der Waals surface area (Å²) in [6, 6.07) is 5.71. The SMILES string of the molecule is COc1ccc(C(CO)N2CCNCC2)c(OC)c1. The minimum Gasteiger partial charge on any atom is -0.497 e. The van der Waals surface area contributed by atoms with Gasteiger partial charge < -0.3 is 19.9 Å². The lowest BCUT2D eigenvalue weighted by atomic mass is 10.0. The van der Waals surface area contributed by atoms with Crippen molar-refractivity contribution in [3.8, 4) is 11.5 Å². The Morgan fingerprint density at radius 2 is 2.00 bits per heavy atom. The summed E-state index contributed by atoms with van der Waals surface area (Å²) in [6.07, 6.45) is 0. The van der Waals surface area contributed by atoms with E-state index in [0.29, 0.717) is 0 Å². The molecule has 2 rings (SSSR count). The molecule has 0 aliphatic carbocycles. The molecule has 1 aliphatic heterocycles. The molecule has 106 valence electrons. The Bertz CT molecular complexity index is 406. The minimum absolute atomic E-state index is 0.0250. The molecule has 0 radical (unpaired) electrons. The van der Waals surface area contributed by atoms with E-state index in [0.717, 1.165) is 43.2 Å². The summed E-state index contributed by atoms with van der Waals surface area (Å²) in [6.45, 7) is 3.85. The summed E-state index contributed by atoms with van der Waals surface area (Å²) in [5, 5.41) is 13.0. The molecule has 5 heteroatoms. The fourth-order valence-electron chi connectivity index (χ4n) is 2.50. The van der Waals surface area contributed by atoms with Gasteiger partial charge in [-0.15, -0.1) is 0 Å². The van der Waals surface area contributed by atoms with Gasteiger partial charge in [0.25, 0.3) is 0 Å². The van der Waals surface area contributed by atoms with Crippen molar-refractivity contribution >= 4 is 0 Å². The number of piperazine rings is 1. The van der Waals surface area contributed by atoms with E-state index in [2.05, 4.69) is 10.2 Å². The average molecular weight is 266 g/mol. The van der Waals surface area contributed by atoms with Gasteiger partial charge in [0.2, 0.25) is 0 Å². The summed E-state index contributed by atoms with van der Waals surface area (Å²) < 4.78 is 10.6. The number of methoxy groups -OCH3 is 2. The molecule has 0 spiro atoms. The molecule has 2 N–H and O–H groups in total. The molecule has 1 saturated heterocycles. The smallest absolute Gasteiger partial charge is 0.127 e. The molecule has 0 aromatic heterocycles. The molecule has 1 fully saturated rings. The van der Waals surface area contributed by atoms with Gasteiger partial charge in [-0.2, -0.15) is 0 Å². The number of ether oxygens (including phenoxy) is 2. The van der Waals surface area contributed by atoms with Gasteiger partial charge in [0.15, 0.2) is 0 Å². The maximum Gasteiger partial charge on any atom is 0.127 e. The standard InChI is InChI=1S/C14H22N2O3/c1-18-11-3-4-12(14(9-11)19-2)13(10-17)16-7-5-15-6-8-16/h3-4,9,13,15,17H,5-8,10H2,1-2H3. The van der Waals surface area contributed by atoms with Crippen LogP contribution in [0, 0.1) is 0 Å². The second kappa shape index (κ2) is 6.75. The highest BCUT2D eigenvalue weighted by Gasteiger charge is 2.24. The van der Waals surface area contributed by atoms with Crippen LogP contribution in [0.15, 0.2) is 18.2 Å². The monoisotopic (exact) mass is 266 g/mol. The lowest BCUT2D eigenvalue weighted by Crippen LogP contribution is -2.46. The Morgan fingerprint density at radius 1 is 1.26 bits per heavy atom. The zero-order valence-corrected chi connectivity index (χ0v) is 11.6. The Balaban J connectivity index is 2.26. The zero-order valence-electron chi connectivity index (χ0n) is 11.6. The van der Waals surface area contributed by atoms with Gasteiger partial charge >= 0.3 is 0 Å². The molecule has 0 saturated carbocycles. The van der Waals surface area contributed by atoms with Crippen molar-refractivity contribution < 1.29 is 14.6 Å². The minimum atomic E-state index is -0.0250. The largest absolute Gasteiger partial charge is 0.497 e. The van der Waals surface area contributed by atoms with Gasteiger partial charge in [0.05, 0.1) is 26.9 Å². The number of aliphatic hydroxyl groups excluding tert-OH is 1. The molecule has 19 heavy (non-hydrogen) atoms. The molecule has 1 unspecified atom stereocenters. The van der Waals surface area contributed by atoms with Crippen LogP contribution < -0.4 is 14.8 Å². The van der Waals surface area contributed by atoms with Crippen LogP contribution in [-0.4, -0.2) is 57.0 Å². The normalized spacial score (nSPS) is 18.1. The van der Waals surface area contributed by atoms with Gasteiger partial charge in [-0.3, -0.25) is 4.90 Å². The molecule has 0 bridgehead atoms.